The number of carbonyl (C=O) groups is 1. The molecule has 1 aromatic rings. The molecule has 2 aliphatic carbocycles. The quantitative estimate of drug-likeness (QED) is 0.892. The summed E-state index contributed by atoms with van der Waals surface area (Å²) in [5.74, 6) is 0.838. The summed E-state index contributed by atoms with van der Waals surface area (Å²) in [6.07, 6.45) is 7.76. The molecule has 0 aliphatic heterocycles. The zero-order valence-electron chi connectivity index (χ0n) is 10.2. The van der Waals surface area contributed by atoms with Gasteiger partial charge >= 0.3 is 5.97 Å². The summed E-state index contributed by atoms with van der Waals surface area (Å²) in [5, 5.41) is 9.09. The molecule has 1 N–H and O–H groups in total. The van der Waals surface area contributed by atoms with Crippen LogP contribution >= 0.6 is 0 Å². The second-order valence-corrected chi connectivity index (χ2v) is 5.42. The lowest BCUT2D eigenvalue weighted by molar-refractivity contribution is 0.0677. The third kappa shape index (κ3) is 2.19. The number of pyridine rings is 1. The lowest BCUT2D eigenvalue weighted by Gasteiger charge is -2.28. The molecule has 4 nitrogen and oxygen atoms in total. The maximum absolute atomic E-state index is 11.1. The maximum Gasteiger partial charge on any atom is 0.341 e. The molecule has 3 rings (SSSR count). The summed E-state index contributed by atoms with van der Waals surface area (Å²) < 4.78 is 5.84. The zero-order valence-corrected chi connectivity index (χ0v) is 10.2. The molecule has 0 aromatic carbocycles. The van der Waals surface area contributed by atoms with E-state index in [0.717, 1.165) is 24.7 Å². The van der Waals surface area contributed by atoms with E-state index in [2.05, 4.69) is 4.98 Å². The highest BCUT2D eigenvalue weighted by molar-refractivity contribution is 5.90. The van der Waals surface area contributed by atoms with E-state index in [4.69, 9.17) is 9.84 Å². The second-order valence-electron chi connectivity index (χ2n) is 5.42. The molecule has 96 valence electrons. The molecule has 0 radical (unpaired) electrons. The van der Waals surface area contributed by atoms with Crippen LogP contribution in [0.5, 0.6) is 5.88 Å². The Hall–Kier alpha value is -1.58. The molecule has 1 aromatic heterocycles. The van der Waals surface area contributed by atoms with E-state index in [0.29, 0.717) is 0 Å². The first-order chi connectivity index (χ1) is 8.72. The fourth-order valence-electron chi connectivity index (χ4n) is 3.35. The van der Waals surface area contributed by atoms with Gasteiger partial charge in [0.25, 0.3) is 0 Å². The van der Waals surface area contributed by atoms with Crippen LogP contribution in [0, 0.1) is 11.8 Å². The average molecular weight is 247 g/mol. The van der Waals surface area contributed by atoms with E-state index in [1.54, 1.807) is 18.3 Å². The van der Waals surface area contributed by atoms with E-state index >= 15 is 0 Å². The van der Waals surface area contributed by atoms with Gasteiger partial charge in [0.15, 0.2) is 0 Å². The van der Waals surface area contributed by atoms with Crippen LogP contribution in [0.15, 0.2) is 18.3 Å². The van der Waals surface area contributed by atoms with Gasteiger partial charge in [-0.1, -0.05) is 12.8 Å². The number of rotatable bonds is 3. The molecule has 2 bridgehead atoms. The number of carboxylic acids is 1. The highest BCUT2D eigenvalue weighted by Gasteiger charge is 2.35. The minimum absolute atomic E-state index is 0.143. The van der Waals surface area contributed by atoms with Crippen LogP contribution in [-0.4, -0.2) is 22.2 Å². The largest absolute Gasteiger partial charge is 0.477 e. The van der Waals surface area contributed by atoms with E-state index in [9.17, 15) is 4.79 Å². The lowest BCUT2D eigenvalue weighted by atomic mass is 9.87. The first kappa shape index (κ1) is 11.5. The SMILES string of the molecule is O=C(O)c1cccnc1O[C@@H]1C[C@@H]2CC[C@@H](C2)C1. The highest BCUT2D eigenvalue weighted by atomic mass is 16.5. The monoisotopic (exact) mass is 247 g/mol. The van der Waals surface area contributed by atoms with Crippen molar-refractivity contribution in [3.63, 3.8) is 0 Å². The van der Waals surface area contributed by atoms with Crippen molar-refractivity contribution in [3.05, 3.63) is 23.9 Å². The second kappa shape index (κ2) is 4.59. The molecule has 2 fully saturated rings. The Bertz CT molecular complexity index is 448. The minimum atomic E-state index is -0.975. The summed E-state index contributed by atoms with van der Waals surface area (Å²) in [5.41, 5.74) is 0.162. The highest BCUT2D eigenvalue weighted by Crippen LogP contribution is 2.43. The van der Waals surface area contributed by atoms with Crippen molar-refractivity contribution < 1.29 is 14.6 Å². The third-order valence-electron chi connectivity index (χ3n) is 4.12. The Morgan fingerprint density at radius 1 is 1.28 bits per heavy atom. The summed E-state index contributed by atoms with van der Waals surface area (Å²) >= 11 is 0. The van der Waals surface area contributed by atoms with Gasteiger partial charge in [-0.2, -0.15) is 0 Å². The minimum Gasteiger partial charge on any atom is -0.477 e. The van der Waals surface area contributed by atoms with Crippen molar-refractivity contribution >= 4 is 5.97 Å². The fraction of sp³-hybridized carbons (Fsp3) is 0.571. The molecule has 4 heteroatoms. The normalized spacial score (nSPS) is 30.1. The Morgan fingerprint density at radius 3 is 2.67 bits per heavy atom. The number of fused-ring (bicyclic) bond motifs is 2. The van der Waals surface area contributed by atoms with Gasteiger partial charge in [0.2, 0.25) is 5.88 Å². The molecular weight excluding hydrogens is 230 g/mol. The lowest BCUT2D eigenvalue weighted by Crippen LogP contribution is -2.27. The zero-order chi connectivity index (χ0) is 12.5. The number of hydrogen-bond acceptors (Lipinski definition) is 3. The summed E-state index contributed by atoms with van der Waals surface area (Å²) in [6.45, 7) is 0. The van der Waals surface area contributed by atoms with Gasteiger partial charge in [-0.15, -0.1) is 0 Å². The number of ether oxygens (including phenoxy) is 1. The van der Waals surface area contributed by atoms with Crippen molar-refractivity contribution in [3.8, 4) is 5.88 Å². The van der Waals surface area contributed by atoms with Crippen molar-refractivity contribution in [1.29, 1.82) is 0 Å². The van der Waals surface area contributed by atoms with Crippen LogP contribution in [-0.2, 0) is 0 Å². The van der Waals surface area contributed by atoms with Crippen LogP contribution in [0.2, 0.25) is 0 Å². The molecule has 18 heavy (non-hydrogen) atoms. The molecule has 0 spiro atoms. The van der Waals surface area contributed by atoms with E-state index in [1.165, 1.54) is 19.3 Å². The Balaban J connectivity index is 1.75. The first-order valence-corrected chi connectivity index (χ1v) is 6.57. The van der Waals surface area contributed by atoms with E-state index < -0.39 is 5.97 Å². The standard InChI is InChI=1S/C14H17NO3/c16-14(17)12-2-1-5-15-13(12)18-11-7-9-3-4-10(6-9)8-11/h1-2,5,9-11H,3-4,6-8H2,(H,16,17)/t9-,10+,11-. The van der Waals surface area contributed by atoms with Crippen molar-refractivity contribution in [1.82, 2.24) is 4.98 Å². The Labute approximate surface area is 106 Å². The fourth-order valence-corrected chi connectivity index (χ4v) is 3.35. The molecule has 2 aliphatic rings. The summed E-state index contributed by atoms with van der Waals surface area (Å²) in [6, 6.07) is 3.17. The van der Waals surface area contributed by atoms with Crippen LogP contribution < -0.4 is 4.74 Å². The molecular formula is C14H17NO3. The van der Waals surface area contributed by atoms with Crippen LogP contribution in [0.1, 0.15) is 42.5 Å². The average Bonchev–Trinajstić information content (AvgIpc) is 2.69. The van der Waals surface area contributed by atoms with Crippen LogP contribution in [0.4, 0.5) is 0 Å². The number of aromatic carboxylic acids is 1. The van der Waals surface area contributed by atoms with Crippen molar-refractivity contribution in [2.45, 2.75) is 38.2 Å². The number of carboxylic acid groups (broad SMARTS) is 1. The first-order valence-electron chi connectivity index (χ1n) is 6.57. The van der Waals surface area contributed by atoms with E-state index in [1.807, 2.05) is 0 Å². The third-order valence-corrected chi connectivity index (χ3v) is 4.12. The summed E-state index contributed by atoms with van der Waals surface area (Å²) in [4.78, 5) is 15.1. The molecule has 0 unspecified atom stereocenters. The van der Waals surface area contributed by atoms with Gasteiger partial charge in [-0.25, -0.2) is 9.78 Å². The Kier molecular flexibility index (Phi) is 2.94. The van der Waals surface area contributed by atoms with Gasteiger partial charge < -0.3 is 9.84 Å². The van der Waals surface area contributed by atoms with Gasteiger partial charge in [0.1, 0.15) is 11.7 Å². The van der Waals surface area contributed by atoms with Crippen LogP contribution in [0.25, 0.3) is 0 Å². The van der Waals surface area contributed by atoms with Gasteiger partial charge in [-0.3, -0.25) is 0 Å². The number of aromatic nitrogens is 1. The van der Waals surface area contributed by atoms with E-state index in [-0.39, 0.29) is 17.5 Å². The molecule has 2 saturated carbocycles. The van der Waals surface area contributed by atoms with Crippen LogP contribution in [0.3, 0.4) is 0 Å². The predicted molar refractivity (Wildman–Crippen MR) is 65.7 cm³/mol. The molecule has 0 amide bonds. The van der Waals surface area contributed by atoms with Crippen molar-refractivity contribution in [2.75, 3.05) is 0 Å². The summed E-state index contributed by atoms with van der Waals surface area (Å²) in [7, 11) is 0. The number of nitrogens with zero attached hydrogens (tertiary/aromatic N) is 1. The van der Waals surface area contributed by atoms with Gasteiger partial charge in [0, 0.05) is 6.20 Å². The predicted octanol–water partition coefficient (Wildman–Crippen LogP) is 2.74. The Morgan fingerprint density at radius 2 is 2.00 bits per heavy atom. The van der Waals surface area contributed by atoms with Crippen molar-refractivity contribution in [2.24, 2.45) is 11.8 Å². The molecule has 0 saturated heterocycles. The van der Waals surface area contributed by atoms with Gasteiger partial charge in [-0.05, 0) is 43.2 Å². The smallest absolute Gasteiger partial charge is 0.341 e. The maximum atomic E-state index is 11.1. The number of hydrogen-bond donors (Lipinski definition) is 1. The van der Waals surface area contributed by atoms with Gasteiger partial charge in [0.05, 0.1) is 0 Å². The molecule has 1 heterocycles. The molecule has 3 atom stereocenters. The topological polar surface area (TPSA) is 59.4 Å².